The van der Waals surface area contributed by atoms with Gasteiger partial charge in [0.1, 0.15) is 12.3 Å². The molecule has 0 aliphatic rings. The molecule has 0 aliphatic heterocycles. The summed E-state index contributed by atoms with van der Waals surface area (Å²) in [5, 5.41) is 9.56. The van der Waals surface area contributed by atoms with Crippen molar-refractivity contribution in [1.29, 1.82) is 0 Å². The Morgan fingerprint density at radius 1 is 0.714 bits per heavy atom. The van der Waals surface area contributed by atoms with E-state index in [0.717, 1.165) is 6.07 Å². The Morgan fingerprint density at radius 2 is 1.11 bits per heavy atom. The van der Waals surface area contributed by atoms with Gasteiger partial charge in [0.25, 0.3) is 0 Å². The van der Waals surface area contributed by atoms with Gasteiger partial charge in [-0.25, -0.2) is 0 Å². The molecule has 18 heteroatoms. The number of rotatable bonds is 8. The molecular formula is C17H13F15NOTi+. The van der Waals surface area contributed by atoms with Crippen LogP contribution in [0.3, 0.4) is 0 Å². The number of nitrogens with zero attached hydrogens (tertiary/aromatic N) is 1. The fourth-order valence-corrected chi connectivity index (χ4v) is 2.14. The molecular weight excluding hydrogens is 567 g/mol. The van der Waals surface area contributed by atoms with Crippen LogP contribution in [0, 0.1) is 14.4 Å². The number of phenols is 1. The van der Waals surface area contributed by atoms with E-state index in [0.29, 0.717) is 0 Å². The van der Waals surface area contributed by atoms with Crippen LogP contribution in [0.5, 0.6) is 5.75 Å². The van der Waals surface area contributed by atoms with Gasteiger partial charge in [-0.1, -0.05) is 12.1 Å². The number of phenolic OH excluding ortho intramolecular Hbond substituents is 1. The molecule has 0 atom stereocenters. The predicted molar refractivity (Wildman–Crippen MR) is 87.5 cm³/mol. The quantitative estimate of drug-likeness (QED) is 0.154. The van der Waals surface area contributed by atoms with Gasteiger partial charge in [0, 0.05) is 11.8 Å². The minimum absolute atomic E-state index is 0. The molecule has 0 aromatic heterocycles. The Labute approximate surface area is 202 Å². The number of aliphatic imine (C=N–C) groups is 1. The first-order chi connectivity index (χ1) is 14.4. The second-order valence-electron chi connectivity index (χ2n) is 6.56. The topological polar surface area (TPSA) is 32.6 Å². The first-order valence-electron chi connectivity index (χ1n) is 8.02. The number of hydrogen-bond donors (Lipinski definition) is 1. The Morgan fingerprint density at radius 3 is 1.54 bits per heavy atom. The van der Waals surface area contributed by atoms with Gasteiger partial charge in [0.05, 0.1) is 0 Å². The molecule has 0 aliphatic carbocycles. The van der Waals surface area contributed by atoms with Crippen LogP contribution in [0.25, 0.3) is 0 Å². The molecule has 0 spiro atoms. The zero-order valence-electron chi connectivity index (χ0n) is 17.1. The van der Waals surface area contributed by atoms with Crippen LogP contribution in [0.1, 0.15) is 11.1 Å². The fraction of sp³-hybridized carbons (Fsp3) is 0.529. The van der Waals surface area contributed by atoms with Crippen molar-refractivity contribution in [2.45, 2.75) is 48.6 Å². The summed E-state index contributed by atoms with van der Waals surface area (Å²) in [5.41, 5.74) is -0.391. The molecule has 0 bridgehead atoms. The SMILES string of the molecule is Cc1cccc(C=NCC(F)(F)C(F)(F)C(F)(F)C(F)(F)C(F)(F)C(F)(F)C(F)(F)F)c1O.[CH3-].[Ti+2]. The molecule has 0 saturated heterocycles. The van der Waals surface area contributed by atoms with Gasteiger partial charge >= 0.3 is 63.4 Å². The Hall–Kier alpha value is -1.65. The number of alkyl halides is 15. The summed E-state index contributed by atoms with van der Waals surface area (Å²) in [6.07, 6.45) is -7.47. The number of halogens is 15. The predicted octanol–water partition coefficient (Wildman–Crippen LogP) is 6.94. The second kappa shape index (κ2) is 10.4. The third-order valence-electron chi connectivity index (χ3n) is 4.18. The van der Waals surface area contributed by atoms with Crippen molar-refractivity contribution in [2.75, 3.05) is 6.54 Å². The molecule has 0 heterocycles. The first kappa shape index (κ1) is 35.5. The summed E-state index contributed by atoms with van der Waals surface area (Å²) >= 11 is 0. The van der Waals surface area contributed by atoms with Crippen molar-refractivity contribution in [2.24, 2.45) is 4.99 Å². The van der Waals surface area contributed by atoms with E-state index in [1.165, 1.54) is 19.1 Å². The smallest absolute Gasteiger partial charge is 0.507 e. The number of hydrogen-bond acceptors (Lipinski definition) is 2. The minimum atomic E-state index is -8.33. The maximum atomic E-state index is 13.6. The molecule has 1 N–H and O–H groups in total. The molecule has 0 radical (unpaired) electrons. The molecule has 200 valence electrons. The third kappa shape index (κ3) is 5.54. The van der Waals surface area contributed by atoms with Gasteiger partial charge in [0.2, 0.25) is 0 Å². The maximum absolute atomic E-state index is 13.6. The van der Waals surface area contributed by atoms with Crippen molar-refractivity contribution in [1.82, 2.24) is 0 Å². The standard InChI is InChI=1S/C16H10F15NO.CH3.Ti/c1-7-3-2-4-8(9(7)33)5-32-6-10(17,18)11(19,20)12(21,22)13(23,24)14(25,26)15(27,28)16(29,30)31;;/h2-5,33H,6H2,1H3;1H3;/q;-1;+2. The van der Waals surface area contributed by atoms with E-state index in [4.69, 9.17) is 0 Å². The van der Waals surface area contributed by atoms with Crippen LogP contribution < -0.4 is 0 Å². The molecule has 0 saturated carbocycles. The zero-order chi connectivity index (χ0) is 26.5. The average Bonchev–Trinajstić information content (AvgIpc) is 2.63. The largest absolute Gasteiger partial charge is 2.00 e. The van der Waals surface area contributed by atoms with E-state index in [9.17, 15) is 71.0 Å². The van der Waals surface area contributed by atoms with Gasteiger partial charge in [-0.05, 0) is 18.6 Å². The van der Waals surface area contributed by atoms with E-state index in [1.807, 2.05) is 0 Å². The normalized spacial score (nSPS) is 14.5. The van der Waals surface area contributed by atoms with Crippen LogP contribution in [0.2, 0.25) is 0 Å². The van der Waals surface area contributed by atoms with E-state index in [1.54, 1.807) is 0 Å². The summed E-state index contributed by atoms with van der Waals surface area (Å²) in [7, 11) is 0. The Bertz CT molecular complexity index is 896. The van der Waals surface area contributed by atoms with Crippen molar-refractivity contribution < 1.29 is 92.7 Å². The van der Waals surface area contributed by atoms with Gasteiger partial charge < -0.3 is 12.5 Å². The molecule has 0 amide bonds. The molecule has 0 fully saturated rings. The number of benzene rings is 1. The van der Waals surface area contributed by atoms with Crippen molar-refractivity contribution in [3.05, 3.63) is 36.8 Å². The Kier molecular flexibility index (Phi) is 10.5. The van der Waals surface area contributed by atoms with E-state index in [2.05, 4.69) is 4.99 Å². The van der Waals surface area contributed by atoms with E-state index in [-0.39, 0.29) is 40.9 Å². The first-order valence-corrected chi connectivity index (χ1v) is 8.02. The molecule has 35 heavy (non-hydrogen) atoms. The van der Waals surface area contributed by atoms with Crippen molar-refractivity contribution in [3.8, 4) is 5.75 Å². The number of para-hydroxylation sites is 1. The minimum Gasteiger partial charge on any atom is -0.507 e. The zero-order valence-corrected chi connectivity index (χ0v) is 18.6. The fourth-order valence-electron chi connectivity index (χ4n) is 2.14. The van der Waals surface area contributed by atoms with Crippen LogP contribution >= 0.6 is 0 Å². The number of aryl methyl sites for hydroxylation is 1. The van der Waals surface area contributed by atoms with Crippen LogP contribution in [-0.2, 0) is 21.7 Å². The van der Waals surface area contributed by atoms with E-state index < -0.39 is 59.6 Å². The van der Waals surface area contributed by atoms with Crippen LogP contribution in [0.4, 0.5) is 65.9 Å². The summed E-state index contributed by atoms with van der Waals surface area (Å²) in [5.74, 6) is -47.5. The summed E-state index contributed by atoms with van der Waals surface area (Å²) in [6, 6.07) is 3.36. The molecule has 1 aromatic rings. The Balaban J connectivity index is 0. The third-order valence-corrected chi connectivity index (χ3v) is 4.18. The van der Waals surface area contributed by atoms with Crippen molar-refractivity contribution in [3.63, 3.8) is 0 Å². The summed E-state index contributed by atoms with van der Waals surface area (Å²) < 4.78 is 196. The molecule has 1 aromatic carbocycles. The molecule has 2 nitrogen and oxygen atoms in total. The molecule has 1 rings (SSSR count). The van der Waals surface area contributed by atoms with Gasteiger partial charge in [0.15, 0.2) is 0 Å². The second-order valence-corrected chi connectivity index (χ2v) is 6.56. The van der Waals surface area contributed by atoms with Gasteiger partial charge in [-0.15, -0.1) is 0 Å². The maximum Gasteiger partial charge on any atom is 2.00 e. The molecule has 0 unspecified atom stereocenters. The van der Waals surface area contributed by atoms with Gasteiger partial charge in [-0.3, -0.25) is 4.99 Å². The summed E-state index contributed by atoms with van der Waals surface area (Å²) in [6.45, 7) is -1.59. The summed E-state index contributed by atoms with van der Waals surface area (Å²) in [4.78, 5) is 2.52. The number of aromatic hydroxyl groups is 1. The van der Waals surface area contributed by atoms with E-state index >= 15 is 0 Å². The van der Waals surface area contributed by atoms with Crippen LogP contribution in [0.15, 0.2) is 23.2 Å². The van der Waals surface area contributed by atoms with Gasteiger partial charge in [-0.2, -0.15) is 65.9 Å². The average molecular weight is 580 g/mol. The van der Waals surface area contributed by atoms with Crippen molar-refractivity contribution >= 4 is 6.21 Å². The van der Waals surface area contributed by atoms with Crippen LogP contribution in [-0.4, -0.2) is 59.6 Å². The monoisotopic (exact) mass is 580 g/mol.